The fraction of sp³-hybridized carbons (Fsp3) is 0.0667. The highest BCUT2D eigenvalue weighted by atomic mass is 14.8. The summed E-state index contributed by atoms with van der Waals surface area (Å²) >= 11 is 0. The minimum atomic E-state index is 0.918. The van der Waals surface area contributed by atoms with Crippen LogP contribution in [0.2, 0.25) is 0 Å². The lowest BCUT2D eigenvalue weighted by atomic mass is 9.91. The van der Waals surface area contributed by atoms with Gasteiger partial charge in [0.15, 0.2) is 0 Å². The van der Waals surface area contributed by atoms with Crippen molar-refractivity contribution >= 4 is 22.5 Å². The van der Waals surface area contributed by atoms with Crippen molar-refractivity contribution in [1.29, 1.82) is 0 Å². The number of hydrogen-bond acceptors (Lipinski definition) is 2. The van der Waals surface area contributed by atoms with Crippen LogP contribution < -0.4 is 21.2 Å². The lowest BCUT2D eigenvalue weighted by Gasteiger charge is -2.13. The van der Waals surface area contributed by atoms with Gasteiger partial charge in [0, 0.05) is 32.7 Å². The zero-order valence-corrected chi connectivity index (χ0v) is 17.5. The molecule has 4 aromatic carbocycles. The zero-order chi connectivity index (χ0) is 21.1. The third-order valence-electron chi connectivity index (χ3n) is 6.74. The third kappa shape index (κ3) is 2.53. The minimum absolute atomic E-state index is 0.918. The van der Waals surface area contributed by atoms with Gasteiger partial charge in [0.05, 0.1) is 22.1 Å². The average Bonchev–Trinajstić information content (AvgIpc) is 3.42. The van der Waals surface area contributed by atoms with Crippen LogP contribution in [-0.2, 0) is 0 Å². The molecule has 0 bridgehead atoms. The molecule has 0 N–H and O–H groups in total. The van der Waals surface area contributed by atoms with Crippen molar-refractivity contribution in [3.05, 3.63) is 118 Å². The van der Waals surface area contributed by atoms with Gasteiger partial charge in [-0.05, 0) is 30.5 Å². The fourth-order valence-electron chi connectivity index (χ4n) is 5.24. The Morgan fingerprint density at radius 2 is 1.09 bits per heavy atom. The molecule has 0 amide bonds. The Hall–Kier alpha value is -4.04. The van der Waals surface area contributed by atoms with E-state index >= 15 is 0 Å². The highest BCUT2D eigenvalue weighted by molar-refractivity contribution is 5.82. The van der Waals surface area contributed by atoms with Gasteiger partial charge in [-0.3, -0.25) is 0 Å². The van der Waals surface area contributed by atoms with Gasteiger partial charge in [0.1, 0.15) is 0 Å². The molecule has 2 aliphatic heterocycles. The monoisotopic (exact) mass is 408 g/mol. The van der Waals surface area contributed by atoms with Crippen molar-refractivity contribution in [2.45, 2.75) is 12.8 Å². The van der Waals surface area contributed by atoms with Crippen LogP contribution in [0.1, 0.15) is 12.8 Å². The Kier molecular flexibility index (Phi) is 3.71. The molecule has 32 heavy (non-hydrogen) atoms. The van der Waals surface area contributed by atoms with E-state index in [0.29, 0.717) is 0 Å². The van der Waals surface area contributed by atoms with E-state index in [1.54, 1.807) is 0 Å². The van der Waals surface area contributed by atoms with Gasteiger partial charge < -0.3 is 0 Å². The second kappa shape index (κ2) is 6.73. The second-order valence-corrected chi connectivity index (χ2v) is 8.57. The molecular formula is C30H20N2. The Balaban J connectivity index is 1.46. The number of benzene rings is 4. The standard InChI is InChI=1S/C30H20N2/c1-3-16-27-23(10-1)25-14-6-12-21(29(25)31-27)19-8-5-9-20(18-19)22-13-7-15-26-24-11-2-4-17-28(24)32-30(22)26/h1-8,10-17H,9,18H2. The molecule has 2 nitrogen and oxygen atoms in total. The Morgan fingerprint density at radius 3 is 1.78 bits per heavy atom. The molecule has 150 valence electrons. The first-order valence-corrected chi connectivity index (χ1v) is 11.1. The fourth-order valence-corrected chi connectivity index (χ4v) is 5.24. The largest absolute Gasteiger partial charge is 0.247 e. The van der Waals surface area contributed by atoms with E-state index < -0.39 is 0 Å². The Bertz CT molecular complexity index is 1720. The van der Waals surface area contributed by atoms with Crippen LogP contribution in [0, 0.1) is 0 Å². The van der Waals surface area contributed by atoms with Crippen molar-refractivity contribution in [3.63, 3.8) is 0 Å². The number of allylic oxidation sites excluding steroid dienone is 2. The molecule has 2 heteroatoms. The van der Waals surface area contributed by atoms with E-state index in [9.17, 15) is 0 Å². The summed E-state index contributed by atoms with van der Waals surface area (Å²) in [6.07, 6.45) is 6.45. The van der Waals surface area contributed by atoms with Crippen molar-refractivity contribution in [1.82, 2.24) is 0 Å². The molecule has 0 saturated heterocycles. The van der Waals surface area contributed by atoms with E-state index in [1.165, 1.54) is 43.8 Å². The summed E-state index contributed by atoms with van der Waals surface area (Å²) in [6, 6.07) is 30.0. The highest BCUT2D eigenvalue weighted by Gasteiger charge is 2.17. The first-order chi connectivity index (χ1) is 15.9. The maximum absolute atomic E-state index is 5.00. The molecule has 0 saturated carbocycles. The minimum Gasteiger partial charge on any atom is -0.247 e. The molecule has 7 rings (SSSR count). The van der Waals surface area contributed by atoms with Gasteiger partial charge >= 0.3 is 0 Å². The zero-order valence-electron chi connectivity index (χ0n) is 17.5. The molecule has 0 fully saturated rings. The van der Waals surface area contributed by atoms with Crippen molar-refractivity contribution in [2.75, 3.05) is 0 Å². The summed E-state index contributed by atoms with van der Waals surface area (Å²) in [4.78, 5) is 9.99. The SMILES string of the molecule is C1=CC(=c2cccc3c2=Nc2ccccc2-3)CC(=c2cccc3c2=Nc2ccccc2-3)C1. The summed E-state index contributed by atoms with van der Waals surface area (Å²) in [7, 11) is 0. The lowest BCUT2D eigenvalue weighted by molar-refractivity contribution is 1.18. The third-order valence-corrected chi connectivity index (χ3v) is 6.74. The molecule has 0 atom stereocenters. The van der Waals surface area contributed by atoms with Gasteiger partial charge in [-0.15, -0.1) is 0 Å². The summed E-state index contributed by atoms with van der Waals surface area (Å²) in [6.45, 7) is 0. The van der Waals surface area contributed by atoms with Crippen LogP contribution in [-0.4, -0.2) is 0 Å². The molecule has 0 spiro atoms. The molecule has 4 aromatic rings. The lowest BCUT2D eigenvalue weighted by Crippen LogP contribution is -2.30. The average molecular weight is 409 g/mol. The van der Waals surface area contributed by atoms with Crippen molar-refractivity contribution in [2.24, 2.45) is 9.98 Å². The maximum atomic E-state index is 5.00. The van der Waals surface area contributed by atoms with Crippen LogP contribution in [0.15, 0.2) is 107 Å². The van der Waals surface area contributed by atoms with Gasteiger partial charge in [-0.2, -0.15) is 0 Å². The van der Waals surface area contributed by atoms with E-state index in [4.69, 9.17) is 9.98 Å². The maximum Gasteiger partial charge on any atom is 0.0791 e. The van der Waals surface area contributed by atoms with Crippen LogP contribution in [0.3, 0.4) is 0 Å². The van der Waals surface area contributed by atoms with E-state index in [-0.39, 0.29) is 0 Å². The number of hydrogen-bond donors (Lipinski definition) is 0. The van der Waals surface area contributed by atoms with Crippen LogP contribution in [0.5, 0.6) is 0 Å². The molecule has 3 aliphatic rings. The topological polar surface area (TPSA) is 24.7 Å². The molecule has 2 heterocycles. The van der Waals surface area contributed by atoms with Crippen molar-refractivity contribution < 1.29 is 0 Å². The van der Waals surface area contributed by atoms with Crippen molar-refractivity contribution in [3.8, 4) is 22.3 Å². The normalized spacial score (nSPS) is 18.2. The van der Waals surface area contributed by atoms with E-state index in [1.807, 2.05) is 0 Å². The Morgan fingerprint density at radius 1 is 0.531 bits per heavy atom. The van der Waals surface area contributed by atoms with Gasteiger partial charge in [0.2, 0.25) is 0 Å². The predicted octanol–water partition coefficient (Wildman–Crippen LogP) is 4.90. The predicted molar refractivity (Wildman–Crippen MR) is 130 cm³/mol. The van der Waals surface area contributed by atoms with E-state index in [2.05, 4.69) is 97.1 Å². The van der Waals surface area contributed by atoms with Crippen LogP contribution >= 0.6 is 0 Å². The second-order valence-electron chi connectivity index (χ2n) is 8.57. The smallest absolute Gasteiger partial charge is 0.0791 e. The molecular weight excluding hydrogens is 388 g/mol. The number of para-hydroxylation sites is 4. The van der Waals surface area contributed by atoms with Crippen LogP contribution in [0.25, 0.3) is 33.4 Å². The van der Waals surface area contributed by atoms with Gasteiger partial charge in [-0.25, -0.2) is 9.98 Å². The summed E-state index contributed by atoms with van der Waals surface area (Å²) in [5.41, 5.74) is 9.83. The number of fused-ring (bicyclic) bond motifs is 6. The number of rotatable bonds is 0. The van der Waals surface area contributed by atoms with Gasteiger partial charge in [-0.1, -0.05) is 90.5 Å². The van der Waals surface area contributed by atoms with Crippen LogP contribution in [0.4, 0.5) is 11.4 Å². The number of nitrogens with zero attached hydrogens (tertiary/aromatic N) is 2. The first-order valence-electron chi connectivity index (χ1n) is 11.1. The highest BCUT2D eigenvalue weighted by Crippen LogP contribution is 2.32. The first kappa shape index (κ1) is 17.6. The quantitative estimate of drug-likeness (QED) is 0.342. The molecule has 0 aromatic heterocycles. The summed E-state index contributed by atoms with van der Waals surface area (Å²) in [5.74, 6) is 0. The molecule has 0 radical (unpaired) electrons. The molecule has 1 aliphatic carbocycles. The summed E-state index contributed by atoms with van der Waals surface area (Å²) < 4.78 is 0. The molecule has 0 unspecified atom stereocenters. The Labute approximate surface area is 185 Å². The summed E-state index contributed by atoms with van der Waals surface area (Å²) in [5, 5.41) is 4.73. The van der Waals surface area contributed by atoms with E-state index in [0.717, 1.165) is 34.9 Å². The van der Waals surface area contributed by atoms with Gasteiger partial charge in [0.25, 0.3) is 0 Å².